The maximum Gasteiger partial charge on any atom is 0.315 e. The van der Waals surface area contributed by atoms with E-state index in [0.29, 0.717) is 10.8 Å². The Hall–Kier alpha value is -2.59. The van der Waals surface area contributed by atoms with Crippen molar-refractivity contribution < 1.29 is 9.53 Å². The van der Waals surface area contributed by atoms with E-state index in [1.807, 2.05) is 49.5 Å². The zero-order valence-electron chi connectivity index (χ0n) is 12.6. The Bertz CT molecular complexity index is 828. The summed E-state index contributed by atoms with van der Waals surface area (Å²) in [6.45, 7) is 1.91. The third kappa shape index (κ3) is 3.79. The largest absolute Gasteiger partial charge is 0.425 e. The molecule has 1 aromatic heterocycles. The van der Waals surface area contributed by atoms with Gasteiger partial charge in [0.25, 0.3) is 0 Å². The number of ether oxygens (including phenoxy) is 1. The van der Waals surface area contributed by atoms with Crippen molar-refractivity contribution in [3.63, 3.8) is 0 Å². The van der Waals surface area contributed by atoms with Gasteiger partial charge in [-0.15, -0.1) is 0 Å². The van der Waals surface area contributed by atoms with Gasteiger partial charge in [0.15, 0.2) is 0 Å². The highest BCUT2D eigenvalue weighted by atomic mass is 35.5. The van der Waals surface area contributed by atoms with E-state index in [2.05, 4.69) is 5.10 Å². The molecule has 0 atom stereocenters. The van der Waals surface area contributed by atoms with Crippen LogP contribution in [0.15, 0.2) is 60.9 Å². The van der Waals surface area contributed by atoms with E-state index >= 15 is 0 Å². The van der Waals surface area contributed by atoms with E-state index in [-0.39, 0.29) is 12.4 Å². The fourth-order valence-electron chi connectivity index (χ4n) is 2.19. The summed E-state index contributed by atoms with van der Waals surface area (Å²) in [6.07, 6.45) is 3.61. The molecule has 1 heterocycles. The molecule has 23 heavy (non-hydrogen) atoms. The minimum atomic E-state index is -0.370. The Morgan fingerprint density at radius 2 is 2.00 bits per heavy atom. The second-order valence-corrected chi connectivity index (χ2v) is 5.62. The molecular weight excluding hydrogens is 312 g/mol. The fraction of sp³-hybridized carbons (Fsp3) is 0.111. The molecule has 5 heteroatoms. The van der Waals surface area contributed by atoms with Gasteiger partial charge in [0.1, 0.15) is 5.75 Å². The Balaban J connectivity index is 1.69. The molecule has 0 radical (unpaired) electrons. The molecule has 2 aromatic carbocycles. The van der Waals surface area contributed by atoms with Gasteiger partial charge in [-0.05, 0) is 36.8 Å². The van der Waals surface area contributed by atoms with Crippen molar-refractivity contribution in [1.82, 2.24) is 9.78 Å². The van der Waals surface area contributed by atoms with Gasteiger partial charge in [-0.2, -0.15) is 5.10 Å². The lowest BCUT2D eigenvalue weighted by Gasteiger charge is -2.06. The number of hydrogen-bond acceptors (Lipinski definition) is 3. The van der Waals surface area contributed by atoms with E-state index in [1.165, 1.54) is 0 Å². The second-order valence-electron chi connectivity index (χ2n) is 5.21. The lowest BCUT2D eigenvalue weighted by molar-refractivity contribution is -0.133. The van der Waals surface area contributed by atoms with Crippen molar-refractivity contribution in [1.29, 1.82) is 0 Å². The molecule has 4 nitrogen and oxygen atoms in total. The van der Waals surface area contributed by atoms with Crippen LogP contribution in [-0.2, 0) is 11.2 Å². The number of benzene rings is 2. The van der Waals surface area contributed by atoms with E-state index < -0.39 is 0 Å². The minimum absolute atomic E-state index is 0.136. The SMILES string of the molecule is Cc1ccc(Cl)c(OC(=O)Cc2cnn(-c3ccccc3)c2)c1. The predicted molar refractivity (Wildman–Crippen MR) is 89.1 cm³/mol. The first-order valence-electron chi connectivity index (χ1n) is 7.17. The van der Waals surface area contributed by atoms with E-state index in [1.54, 1.807) is 23.0 Å². The van der Waals surface area contributed by atoms with Crippen molar-refractivity contribution in [2.24, 2.45) is 0 Å². The van der Waals surface area contributed by atoms with Crippen LogP contribution in [0.2, 0.25) is 5.02 Å². The Morgan fingerprint density at radius 3 is 2.78 bits per heavy atom. The van der Waals surface area contributed by atoms with E-state index in [0.717, 1.165) is 16.8 Å². The van der Waals surface area contributed by atoms with Crippen molar-refractivity contribution >= 4 is 17.6 Å². The number of aryl methyl sites for hydroxylation is 1. The number of rotatable bonds is 4. The van der Waals surface area contributed by atoms with Gasteiger partial charge in [-0.25, -0.2) is 4.68 Å². The van der Waals surface area contributed by atoms with Crippen LogP contribution in [0.5, 0.6) is 5.75 Å². The second kappa shape index (κ2) is 6.67. The number of halogens is 1. The molecule has 0 saturated heterocycles. The zero-order valence-corrected chi connectivity index (χ0v) is 13.3. The smallest absolute Gasteiger partial charge is 0.315 e. The summed E-state index contributed by atoms with van der Waals surface area (Å²) in [4.78, 5) is 12.1. The maximum atomic E-state index is 12.1. The molecule has 116 valence electrons. The quantitative estimate of drug-likeness (QED) is 0.538. The van der Waals surface area contributed by atoms with Crippen LogP contribution in [0.3, 0.4) is 0 Å². The molecule has 0 fully saturated rings. The maximum absolute atomic E-state index is 12.1. The summed E-state index contributed by atoms with van der Waals surface area (Å²) in [5.74, 6) is 0.0113. The molecule has 0 spiro atoms. The van der Waals surface area contributed by atoms with Crippen LogP contribution in [0.25, 0.3) is 5.69 Å². The number of nitrogens with zero attached hydrogens (tertiary/aromatic N) is 2. The summed E-state index contributed by atoms with van der Waals surface area (Å²) in [7, 11) is 0. The van der Waals surface area contributed by atoms with Gasteiger partial charge >= 0.3 is 5.97 Å². The first-order chi connectivity index (χ1) is 11.1. The first kappa shape index (κ1) is 15.3. The van der Waals surface area contributed by atoms with Gasteiger partial charge in [0.05, 0.1) is 23.3 Å². The minimum Gasteiger partial charge on any atom is -0.425 e. The highest BCUT2D eigenvalue weighted by Crippen LogP contribution is 2.25. The normalized spacial score (nSPS) is 10.5. The third-order valence-electron chi connectivity index (χ3n) is 3.32. The lowest BCUT2D eigenvalue weighted by Crippen LogP contribution is -2.11. The average Bonchev–Trinajstić information content (AvgIpc) is 3.00. The predicted octanol–water partition coefficient (Wildman–Crippen LogP) is 3.98. The van der Waals surface area contributed by atoms with Crippen LogP contribution < -0.4 is 4.74 Å². The summed E-state index contributed by atoms with van der Waals surface area (Å²) in [5, 5.41) is 4.68. The Kier molecular flexibility index (Phi) is 4.44. The summed E-state index contributed by atoms with van der Waals surface area (Å²) < 4.78 is 7.06. The highest BCUT2D eigenvalue weighted by Gasteiger charge is 2.11. The Morgan fingerprint density at radius 1 is 1.22 bits per heavy atom. The van der Waals surface area contributed by atoms with Crippen LogP contribution in [0.4, 0.5) is 0 Å². The number of esters is 1. The third-order valence-corrected chi connectivity index (χ3v) is 3.63. The zero-order chi connectivity index (χ0) is 16.2. The number of para-hydroxylation sites is 1. The van der Waals surface area contributed by atoms with Gasteiger partial charge in [0, 0.05) is 11.8 Å². The average molecular weight is 327 g/mol. The molecule has 3 rings (SSSR count). The van der Waals surface area contributed by atoms with Crippen molar-refractivity contribution in [3.05, 3.63) is 77.1 Å². The van der Waals surface area contributed by atoms with Crippen LogP contribution in [-0.4, -0.2) is 15.7 Å². The van der Waals surface area contributed by atoms with Crippen LogP contribution in [0, 0.1) is 6.92 Å². The molecule has 0 aliphatic rings. The molecule has 0 aliphatic heterocycles. The number of aromatic nitrogens is 2. The fourth-order valence-corrected chi connectivity index (χ4v) is 2.34. The van der Waals surface area contributed by atoms with E-state index in [9.17, 15) is 4.79 Å². The monoisotopic (exact) mass is 326 g/mol. The number of carbonyl (C=O) groups is 1. The molecule has 0 saturated carbocycles. The molecule has 0 amide bonds. The molecule has 0 N–H and O–H groups in total. The van der Waals surface area contributed by atoms with E-state index in [4.69, 9.17) is 16.3 Å². The highest BCUT2D eigenvalue weighted by molar-refractivity contribution is 6.32. The molecule has 0 unspecified atom stereocenters. The molecule has 3 aromatic rings. The summed E-state index contributed by atoms with van der Waals surface area (Å²) in [6, 6.07) is 15.0. The lowest BCUT2D eigenvalue weighted by atomic mass is 10.2. The van der Waals surface area contributed by atoms with Gasteiger partial charge < -0.3 is 4.74 Å². The van der Waals surface area contributed by atoms with Crippen LogP contribution in [0.1, 0.15) is 11.1 Å². The van der Waals surface area contributed by atoms with Gasteiger partial charge in [0.2, 0.25) is 0 Å². The molecule has 0 aliphatic carbocycles. The van der Waals surface area contributed by atoms with Crippen molar-refractivity contribution in [3.8, 4) is 11.4 Å². The molecular formula is C18H15ClN2O2. The van der Waals surface area contributed by atoms with Gasteiger partial charge in [-0.3, -0.25) is 4.79 Å². The van der Waals surface area contributed by atoms with Crippen molar-refractivity contribution in [2.45, 2.75) is 13.3 Å². The summed E-state index contributed by atoms with van der Waals surface area (Å²) >= 11 is 6.03. The molecule has 0 bridgehead atoms. The van der Waals surface area contributed by atoms with Crippen molar-refractivity contribution in [2.75, 3.05) is 0 Å². The summed E-state index contributed by atoms with van der Waals surface area (Å²) in [5.41, 5.74) is 2.70. The van der Waals surface area contributed by atoms with Crippen LogP contribution >= 0.6 is 11.6 Å². The van der Waals surface area contributed by atoms with Gasteiger partial charge in [-0.1, -0.05) is 35.9 Å². The Labute approximate surface area is 139 Å². The standard InChI is InChI=1S/C18H15ClN2O2/c1-13-7-8-16(19)17(9-13)23-18(22)10-14-11-20-21(12-14)15-5-3-2-4-6-15/h2-9,11-12H,10H2,1H3. The first-order valence-corrected chi connectivity index (χ1v) is 7.55. The number of carbonyl (C=O) groups excluding carboxylic acids is 1. The topological polar surface area (TPSA) is 44.1 Å². The number of hydrogen-bond donors (Lipinski definition) is 0.